The van der Waals surface area contributed by atoms with Crippen molar-refractivity contribution in [2.75, 3.05) is 0 Å². The van der Waals surface area contributed by atoms with E-state index in [1.165, 1.54) is 18.3 Å². The Hall–Kier alpha value is -2.17. The molecule has 0 bridgehead atoms. The molecule has 15 heavy (non-hydrogen) atoms. The fraction of sp³-hybridized carbons (Fsp3) is 0. The third kappa shape index (κ3) is 1.71. The Morgan fingerprint density at radius 2 is 1.80 bits per heavy atom. The molecule has 76 valence electrons. The summed E-state index contributed by atoms with van der Waals surface area (Å²) in [6.45, 7) is 0. The van der Waals surface area contributed by atoms with Crippen LogP contribution in [0.3, 0.4) is 0 Å². The number of aromatic nitrogens is 2. The van der Waals surface area contributed by atoms with E-state index in [2.05, 4.69) is 9.97 Å². The molecular weight excluding hydrogens is 199 g/mol. The summed E-state index contributed by atoms with van der Waals surface area (Å²) in [4.78, 5) is 26.3. The maximum atomic E-state index is 13.3. The molecule has 0 aliphatic heterocycles. The van der Waals surface area contributed by atoms with Gasteiger partial charge in [-0.3, -0.25) is 9.59 Å². The Kier molecular flexibility index (Phi) is 2.21. The largest absolute Gasteiger partial charge is 0.322 e. The molecule has 0 saturated heterocycles. The number of rotatable bonds is 1. The molecule has 2 aromatic rings. The van der Waals surface area contributed by atoms with Gasteiger partial charge in [0.05, 0.1) is 5.69 Å². The van der Waals surface area contributed by atoms with Crippen LogP contribution in [0.15, 0.2) is 40.1 Å². The van der Waals surface area contributed by atoms with Gasteiger partial charge < -0.3 is 9.97 Å². The molecule has 0 aliphatic rings. The predicted octanol–water partition coefficient (Wildman–Crippen LogP) is 0.869. The van der Waals surface area contributed by atoms with E-state index in [1.807, 2.05) is 0 Å². The number of H-pyrrole nitrogens is 2. The molecule has 0 amide bonds. The summed E-state index contributed by atoms with van der Waals surface area (Å²) >= 11 is 0. The number of nitrogens with one attached hydrogen (secondary N) is 2. The van der Waals surface area contributed by atoms with E-state index in [4.69, 9.17) is 0 Å². The smallest absolute Gasteiger partial charge is 0.314 e. The number of halogens is 1. The van der Waals surface area contributed by atoms with E-state index in [0.717, 1.165) is 0 Å². The van der Waals surface area contributed by atoms with Crippen LogP contribution in [0.5, 0.6) is 0 Å². The molecule has 0 atom stereocenters. The van der Waals surface area contributed by atoms with Gasteiger partial charge in [0.25, 0.3) is 0 Å². The van der Waals surface area contributed by atoms with E-state index in [9.17, 15) is 14.0 Å². The molecule has 2 rings (SSSR count). The second-order valence-electron chi connectivity index (χ2n) is 2.97. The van der Waals surface area contributed by atoms with Crippen LogP contribution in [0, 0.1) is 5.82 Å². The van der Waals surface area contributed by atoms with Crippen LogP contribution in [0.4, 0.5) is 4.39 Å². The van der Waals surface area contributed by atoms with Gasteiger partial charge in [0.1, 0.15) is 5.82 Å². The lowest BCUT2D eigenvalue weighted by Gasteiger charge is -2.01. The number of benzene rings is 1. The predicted molar refractivity (Wildman–Crippen MR) is 53.1 cm³/mol. The molecule has 0 spiro atoms. The minimum Gasteiger partial charge on any atom is -0.322 e. The van der Waals surface area contributed by atoms with Gasteiger partial charge in [0.2, 0.25) is 0 Å². The van der Waals surface area contributed by atoms with Gasteiger partial charge in [-0.05, 0) is 12.1 Å². The lowest BCUT2D eigenvalue weighted by molar-refractivity contribution is 0.630. The topological polar surface area (TPSA) is 65.7 Å². The maximum Gasteiger partial charge on any atom is 0.314 e. The van der Waals surface area contributed by atoms with Gasteiger partial charge in [-0.2, -0.15) is 0 Å². The zero-order chi connectivity index (χ0) is 10.8. The molecule has 0 fully saturated rings. The van der Waals surface area contributed by atoms with Crippen LogP contribution in [0.1, 0.15) is 0 Å². The van der Waals surface area contributed by atoms with Crippen molar-refractivity contribution >= 4 is 0 Å². The summed E-state index contributed by atoms with van der Waals surface area (Å²) in [7, 11) is 0. The van der Waals surface area contributed by atoms with Crippen molar-refractivity contribution < 1.29 is 4.39 Å². The van der Waals surface area contributed by atoms with Crippen molar-refractivity contribution in [2.24, 2.45) is 0 Å². The highest BCUT2D eigenvalue weighted by molar-refractivity contribution is 5.58. The second-order valence-corrected chi connectivity index (χ2v) is 2.97. The standard InChI is InChI=1S/C10H7FN2O2/c11-7-4-2-1-3-6(7)8-5-12-9(14)10(15)13-8/h1-5H,(H,12,14)(H,13,15). The molecule has 0 saturated carbocycles. The maximum absolute atomic E-state index is 13.3. The van der Waals surface area contributed by atoms with Gasteiger partial charge in [0, 0.05) is 11.8 Å². The number of aromatic amines is 2. The molecule has 1 aromatic carbocycles. The lowest BCUT2D eigenvalue weighted by Crippen LogP contribution is -2.29. The first kappa shape index (κ1) is 9.39. The molecule has 0 aliphatic carbocycles. The van der Waals surface area contributed by atoms with Crippen molar-refractivity contribution in [3.63, 3.8) is 0 Å². The summed E-state index contributed by atoms with van der Waals surface area (Å²) in [5.74, 6) is -0.458. The van der Waals surface area contributed by atoms with Crippen molar-refractivity contribution in [3.8, 4) is 11.3 Å². The molecule has 0 radical (unpaired) electrons. The van der Waals surface area contributed by atoms with Crippen molar-refractivity contribution in [1.82, 2.24) is 9.97 Å². The molecule has 2 N–H and O–H groups in total. The van der Waals surface area contributed by atoms with Gasteiger partial charge in [-0.1, -0.05) is 12.1 Å². The normalized spacial score (nSPS) is 10.2. The summed E-state index contributed by atoms with van der Waals surface area (Å²) in [5, 5.41) is 0. The Morgan fingerprint density at radius 3 is 2.47 bits per heavy atom. The zero-order valence-electron chi connectivity index (χ0n) is 7.58. The highest BCUT2D eigenvalue weighted by atomic mass is 19.1. The van der Waals surface area contributed by atoms with E-state index in [1.54, 1.807) is 12.1 Å². The van der Waals surface area contributed by atoms with Crippen LogP contribution < -0.4 is 11.1 Å². The van der Waals surface area contributed by atoms with Crippen molar-refractivity contribution in [1.29, 1.82) is 0 Å². The Balaban J connectivity index is 2.65. The van der Waals surface area contributed by atoms with Crippen LogP contribution in [-0.2, 0) is 0 Å². The van der Waals surface area contributed by atoms with Gasteiger partial charge in [-0.25, -0.2) is 4.39 Å². The number of hydrogen-bond donors (Lipinski definition) is 2. The fourth-order valence-electron chi connectivity index (χ4n) is 1.24. The zero-order valence-corrected chi connectivity index (χ0v) is 7.58. The minimum atomic E-state index is -0.796. The quantitative estimate of drug-likeness (QED) is 0.680. The Labute approximate surface area is 83.4 Å². The third-order valence-electron chi connectivity index (χ3n) is 1.97. The lowest BCUT2D eigenvalue weighted by atomic mass is 10.1. The van der Waals surface area contributed by atoms with Crippen molar-refractivity contribution in [3.05, 3.63) is 57.0 Å². The Bertz CT molecular complexity index is 601. The third-order valence-corrected chi connectivity index (χ3v) is 1.97. The summed E-state index contributed by atoms with van der Waals surface area (Å²) in [6, 6.07) is 5.97. The first-order valence-electron chi connectivity index (χ1n) is 4.25. The van der Waals surface area contributed by atoms with Crippen molar-refractivity contribution in [2.45, 2.75) is 0 Å². The Morgan fingerprint density at radius 1 is 1.07 bits per heavy atom. The van der Waals surface area contributed by atoms with Crippen LogP contribution in [-0.4, -0.2) is 9.97 Å². The molecular formula is C10H7FN2O2. The van der Waals surface area contributed by atoms with E-state index < -0.39 is 16.9 Å². The van der Waals surface area contributed by atoms with Gasteiger partial charge in [0.15, 0.2) is 0 Å². The second kappa shape index (κ2) is 3.53. The highest BCUT2D eigenvalue weighted by Gasteiger charge is 2.05. The monoisotopic (exact) mass is 206 g/mol. The van der Waals surface area contributed by atoms with Gasteiger partial charge >= 0.3 is 11.1 Å². The molecule has 5 heteroatoms. The summed E-state index contributed by atoms with van der Waals surface area (Å²) in [6.07, 6.45) is 1.27. The van der Waals surface area contributed by atoms with E-state index >= 15 is 0 Å². The first-order chi connectivity index (χ1) is 7.18. The molecule has 1 heterocycles. The SMILES string of the molecule is O=c1[nH]cc(-c2ccccc2F)[nH]c1=O. The van der Waals surface area contributed by atoms with E-state index in [0.29, 0.717) is 0 Å². The average Bonchev–Trinajstić information content (AvgIpc) is 2.23. The highest BCUT2D eigenvalue weighted by Crippen LogP contribution is 2.17. The van der Waals surface area contributed by atoms with E-state index in [-0.39, 0.29) is 11.3 Å². The minimum absolute atomic E-state index is 0.242. The summed E-state index contributed by atoms with van der Waals surface area (Å²) < 4.78 is 13.3. The summed E-state index contributed by atoms with van der Waals surface area (Å²) in [5.41, 5.74) is -1.06. The van der Waals surface area contributed by atoms with Gasteiger partial charge in [-0.15, -0.1) is 0 Å². The van der Waals surface area contributed by atoms with Crippen LogP contribution >= 0.6 is 0 Å². The van der Waals surface area contributed by atoms with Crippen LogP contribution in [0.2, 0.25) is 0 Å². The molecule has 1 aromatic heterocycles. The average molecular weight is 206 g/mol. The first-order valence-corrected chi connectivity index (χ1v) is 4.25. The fourth-order valence-corrected chi connectivity index (χ4v) is 1.24. The number of hydrogen-bond acceptors (Lipinski definition) is 2. The molecule has 4 nitrogen and oxygen atoms in total. The molecule has 0 unspecified atom stereocenters. The van der Waals surface area contributed by atoms with Crippen LogP contribution in [0.25, 0.3) is 11.3 Å².